The van der Waals surface area contributed by atoms with Crippen LogP contribution in [-0.2, 0) is 10.0 Å². The Bertz CT molecular complexity index is 617. The summed E-state index contributed by atoms with van der Waals surface area (Å²) in [7, 11) is -0.530. The van der Waals surface area contributed by atoms with Gasteiger partial charge in [0.25, 0.3) is 5.91 Å². The third-order valence-corrected chi connectivity index (χ3v) is 5.87. The normalized spacial score (nSPS) is 17.0. The van der Waals surface area contributed by atoms with E-state index < -0.39 is 10.0 Å². The maximum Gasteiger partial charge on any atom is 0.253 e. The van der Waals surface area contributed by atoms with Crippen molar-refractivity contribution in [3.8, 4) is 0 Å². The fourth-order valence-corrected chi connectivity index (χ4v) is 3.38. The molecule has 0 bridgehead atoms. The molecule has 0 saturated carbocycles. The number of carbonyl (C=O) groups is 1. The summed E-state index contributed by atoms with van der Waals surface area (Å²) in [6.45, 7) is 1.42. The molecule has 0 aliphatic carbocycles. The highest BCUT2D eigenvalue weighted by molar-refractivity contribution is 7.89. The highest BCUT2D eigenvalue weighted by Crippen LogP contribution is 2.20. The van der Waals surface area contributed by atoms with Gasteiger partial charge in [0.15, 0.2) is 0 Å². The van der Waals surface area contributed by atoms with Crippen LogP contribution in [0.3, 0.4) is 0 Å². The molecule has 1 aliphatic heterocycles. The Morgan fingerprint density at radius 3 is 2.23 bits per heavy atom. The molecule has 6 nitrogen and oxygen atoms in total. The number of benzene rings is 1. The average Bonchev–Trinajstić information content (AvgIpc) is 2.54. The Balaban J connectivity index is 2.09. The molecule has 122 valence electrons. The average molecular weight is 326 g/mol. The van der Waals surface area contributed by atoms with Crippen LogP contribution in [0.25, 0.3) is 0 Å². The minimum Gasteiger partial charge on any atom is -0.396 e. The molecule has 1 aromatic carbocycles. The lowest BCUT2D eigenvalue weighted by molar-refractivity contribution is 0.0651. The summed E-state index contributed by atoms with van der Waals surface area (Å²) in [6.07, 6.45) is 1.60. The molecule has 1 heterocycles. The summed E-state index contributed by atoms with van der Waals surface area (Å²) >= 11 is 0. The Labute approximate surface area is 131 Å². The van der Waals surface area contributed by atoms with E-state index >= 15 is 0 Å². The fraction of sp³-hybridized carbons (Fsp3) is 0.533. The first-order chi connectivity index (χ1) is 10.4. The number of piperidine rings is 1. The lowest BCUT2D eigenvalue weighted by atomic mass is 9.97. The monoisotopic (exact) mass is 326 g/mol. The third-order valence-electron chi connectivity index (χ3n) is 4.04. The van der Waals surface area contributed by atoms with Crippen LogP contribution < -0.4 is 0 Å². The van der Waals surface area contributed by atoms with Crippen LogP contribution in [0, 0.1) is 5.92 Å². The van der Waals surface area contributed by atoms with Crippen molar-refractivity contribution in [3.63, 3.8) is 0 Å². The van der Waals surface area contributed by atoms with E-state index in [9.17, 15) is 13.2 Å². The van der Waals surface area contributed by atoms with Gasteiger partial charge in [0.1, 0.15) is 0 Å². The van der Waals surface area contributed by atoms with Gasteiger partial charge < -0.3 is 10.0 Å². The van der Waals surface area contributed by atoms with E-state index in [1.807, 2.05) is 0 Å². The molecule has 1 aliphatic rings. The number of nitrogens with zero attached hydrogens (tertiary/aromatic N) is 2. The largest absolute Gasteiger partial charge is 0.396 e. The SMILES string of the molecule is CN(C)S(=O)(=O)c1ccc(C(=O)N2CCC(CO)CC2)cc1. The van der Waals surface area contributed by atoms with Crippen LogP contribution >= 0.6 is 0 Å². The molecule has 1 fully saturated rings. The van der Waals surface area contributed by atoms with Crippen molar-refractivity contribution >= 4 is 15.9 Å². The van der Waals surface area contributed by atoms with Crippen LogP contribution in [0.1, 0.15) is 23.2 Å². The van der Waals surface area contributed by atoms with Crippen LogP contribution in [0.5, 0.6) is 0 Å². The second kappa shape index (κ2) is 6.76. The van der Waals surface area contributed by atoms with Crippen molar-refractivity contribution in [1.82, 2.24) is 9.21 Å². The standard InChI is InChI=1S/C15H22N2O4S/c1-16(2)22(20,21)14-5-3-13(4-6-14)15(19)17-9-7-12(11-18)8-10-17/h3-6,12,18H,7-11H2,1-2H3. The molecule has 22 heavy (non-hydrogen) atoms. The van der Waals surface area contributed by atoms with E-state index in [2.05, 4.69) is 0 Å². The van der Waals surface area contributed by atoms with Crippen LogP contribution in [-0.4, -0.2) is 62.4 Å². The third kappa shape index (κ3) is 3.48. The molecule has 0 unspecified atom stereocenters. The summed E-state index contributed by atoms with van der Waals surface area (Å²) in [6, 6.07) is 6.03. The first kappa shape index (κ1) is 16.9. The van der Waals surface area contributed by atoms with E-state index in [0.717, 1.165) is 17.1 Å². The van der Waals surface area contributed by atoms with E-state index in [0.29, 0.717) is 18.7 Å². The highest BCUT2D eigenvalue weighted by Gasteiger charge is 2.24. The minimum atomic E-state index is -3.47. The maximum absolute atomic E-state index is 12.4. The van der Waals surface area contributed by atoms with Crippen molar-refractivity contribution in [2.24, 2.45) is 5.92 Å². The zero-order valence-electron chi connectivity index (χ0n) is 12.9. The van der Waals surface area contributed by atoms with Gasteiger partial charge in [-0.05, 0) is 43.0 Å². The predicted octanol–water partition coefficient (Wildman–Crippen LogP) is 0.781. The first-order valence-corrected chi connectivity index (χ1v) is 8.73. The minimum absolute atomic E-state index is 0.0924. The van der Waals surface area contributed by atoms with Gasteiger partial charge in [-0.2, -0.15) is 0 Å². The molecule has 0 spiro atoms. The van der Waals surface area contributed by atoms with Gasteiger partial charge in [-0.3, -0.25) is 4.79 Å². The lowest BCUT2D eigenvalue weighted by Gasteiger charge is -2.31. The fourth-order valence-electron chi connectivity index (χ4n) is 2.48. The van der Waals surface area contributed by atoms with Gasteiger partial charge >= 0.3 is 0 Å². The van der Waals surface area contributed by atoms with Crippen LogP contribution in [0.2, 0.25) is 0 Å². The number of likely N-dealkylation sites (tertiary alicyclic amines) is 1. The lowest BCUT2D eigenvalue weighted by Crippen LogP contribution is -2.39. The Hall–Kier alpha value is -1.44. The first-order valence-electron chi connectivity index (χ1n) is 7.29. The topological polar surface area (TPSA) is 77.9 Å². The number of aliphatic hydroxyl groups excluding tert-OH is 1. The summed E-state index contributed by atoms with van der Waals surface area (Å²) in [5.41, 5.74) is 0.486. The molecule has 0 radical (unpaired) electrons. The molecule has 0 atom stereocenters. The van der Waals surface area contributed by atoms with Gasteiger partial charge in [-0.25, -0.2) is 12.7 Å². The van der Waals surface area contributed by atoms with Crippen molar-refractivity contribution in [3.05, 3.63) is 29.8 Å². The van der Waals surface area contributed by atoms with E-state index in [-0.39, 0.29) is 23.3 Å². The molecule has 0 aromatic heterocycles. The van der Waals surface area contributed by atoms with Crippen molar-refractivity contribution in [2.75, 3.05) is 33.8 Å². The van der Waals surface area contributed by atoms with Crippen LogP contribution in [0.4, 0.5) is 0 Å². The number of hydrogen-bond donors (Lipinski definition) is 1. The van der Waals surface area contributed by atoms with Gasteiger partial charge in [0.2, 0.25) is 10.0 Å². The Morgan fingerprint density at radius 1 is 1.23 bits per heavy atom. The predicted molar refractivity (Wildman–Crippen MR) is 83.0 cm³/mol. The van der Waals surface area contributed by atoms with Crippen molar-refractivity contribution < 1.29 is 18.3 Å². The van der Waals surface area contributed by atoms with E-state index in [1.54, 1.807) is 17.0 Å². The zero-order chi connectivity index (χ0) is 16.3. The van der Waals surface area contributed by atoms with Gasteiger partial charge in [-0.15, -0.1) is 0 Å². The quantitative estimate of drug-likeness (QED) is 0.887. The molecule has 1 aromatic rings. The molecule has 1 saturated heterocycles. The van der Waals surface area contributed by atoms with Crippen molar-refractivity contribution in [2.45, 2.75) is 17.7 Å². The van der Waals surface area contributed by atoms with E-state index in [1.165, 1.54) is 26.2 Å². The number of hydrogen-bond acceptors (Lipinski definition) is 4. The second-order valence-electron chi connectivity index (χ2n) is 5.73. The number of rotatable bonds is 4. The highest BCUT2D eigenvalue weighted by atomic mass is 32.2. The molecule has 1 N–H and O–H groups in total. The number of amides is 1. The number of sulfonamides is 1. The molecule has 7 heteroatoms. The molecule has 2 rings (SSSR count). The van der Waals surface area contributed by atoms with Crippen LogP contribution in [0.15, 0.2) is 29.2 Å². The van der Waals surface area contributed by atoms with E-state index in [4.69, 9.17) is 5.11 Å². The smallest absolute Gasteiger partial charge is 0.253 e. The van der Waals surface area contributed by atoms with Gasteiger partial charge in [-0.1, -0.05) is 0 Å². The summed E-state index contributed by atoms with van der Waals surface area (Å²) in [4.78, 5) is 14.3. The summed E-state index contributed by atoms with van der Waals surface area (Å²) in [5, 5.41) is 9.12. The number of carbonyl (C=O) groups excluding carboxylic acids is 1. The second-order valence-corrected chi connectivity index (χ2v) is 7.88. The summed E-state index contributed by atoms with van der Waals surface area (Å²) < 4.78 is 25.1. The van der Waals surface area contributed by atoms with Crippen molar-refractivity contribution in [1.29, 1.82) is 0 Å². The van der Waals surface area contributed by atoms with Gasteiger partial charge in [0, 0.05) is 39.4 Å². The zero-order valence-corrected chi connectivity index (χ0v) is 13.7. The Morgan fingerprint density at radius 2 is 1.77 bits per heavy atom. The Kier molecular flexibility index (Phi) is 5.20. The molecular formula is C15H22N2O4S. The summed E-state index contributed by atoms with van der Waals surface area (Å²) in [5.74, 6) is 0.182. The maximum atomic E-state index is 12.4. The number of aliphatic hydroxyl groups is 1. The molecule has 1 amide bonds. The van der Waals surface area contributed by atoms with Gasteiger partial charge in [0.05, 0.1) is 4.90 Å². The molecular weight excluding hydrogens is 304 g/mol.